The number of halogens is 1. The van der Waals surface area contributed by atoms with E-state index < -0.39 is 0 Å². The molecule has 0 saturated carbocycles. The van der Waals surface area contributed by atoms with Gasteiger partial charge in [0.1, 0.15) is 0 Å². The Hall–Kier alpha value is -0.830. The average molecular weight is 299 g/mol. The molecule has 1 unspecified atom stereocenters. The molecule has 0 heterocycles. The second kappa shape index (κ2) is 6.80. The topological polar surface area (TPSA) is 26.3 Å². The first-order valence-corrected chi connectivity index (χ1v) is 6.75. The maximum Gasteiger partial charge on any atom is 0.306 e. The van der Waals surface area contributed by atoms with Crippen LogP contribution in [0.15, 0.2) is 28.7 Å². The lowest BCUT2D eigenvalue weighted by Crippen LogP contribution is -2.14. The zero-order valence-corrected chi connectivity index (χ0v) is 12.2. The van der Waals surface area contributed by atoms with Crippen LogP contribution in [0, 0.1) is 5.92 Å². The summed E-state index contributed by atoms with van der Waals surface area (Å²) in [6.45, 7) is 6.54. The maximum atomic E-state index is 11.6. The predicted octanol–water partition coefficient (Wildman–Crippen LogP) is 4.14. The van der Waals surface area contributed by atoms with Crippen LogP contribution in [0.4, 0.5) is 0 Å². The molecule has 0 aliphatic carbocycles. The Balaban J connectivity index is 2.82. The van der Waals surface area contributed by atoms with Crippen molar-refractivity contribution in [1.82, 2.24) is 0 Å². The van der Waals surface area contributed by atoms with Crippen LogP contribution in [0.5, 0.6) is 0 Å². The Kier molecular flexibility index (Phi) is 5.69. The summed E-state index contributed by atoms with van der Waals surface area (Å²) in [5, 5.41) is 0. The average Bonchev–Trinajstić information content (AvgIpc) is 2.26. The normalized spacial score (nSPS) is 12.5. The van der Waals surface area contributed by atoms with Gasteiger partial charge < -0.3 is 4.74 Å². The van der Waals surface area contributed by atoms with Crippen LogP contribution in [-0.2, 0) is 9.53 Å². The highest BCUT2D eigenvalue weighted by Gasteiger charge is 2.20. The largest absolute Gasteiger partial charge is 0.466 e. The molecule has 1 aromatic carbocycles. The van der Waals surface area contributed by atoms with E-state index in [1.54, 1.807) is 0 Å². The molecule has 2 nitrogen and oxygen atoms in total. The summed E-state index contributed by atoms with van der Waals surface area (Å²) >= 11 is 3.46. The van der Waals surface area contributed by atoms with E-state index in [1.165, 1.54) is 5.56 Å². The molecule has 0 aromatic heterocycles. The molecule has 0 N–H and O–H groups in total. The van der Waals surface area contributed by atoms with Crippen molar-refractivity contribution < 1.29 is 9.53 Å². The molecule has 0 aliphatic rings. The van der Waals surface area contributed by atoms with Gasteiger partial charge in [0, 0.05) is 4.47 Å². The van der Waals surface area contributed by atoms with Gasteiger partial charge in [0.2, 0.25) is 0 Å². The van der Waals surface area contributed by atoms with E-state index >= 15 is 0 Å². The van der Waals surface area contributed by atoms with Gasteiger partial charge in [-0.25, -0.2) is 0 Å². The van der Waals surface area contributed by atoms with Gasteiger partial charge in [-0.1, -0.05) is 41.9 Å². The minimum Gasteiger partial charge on any atom is -0.466 e. The molecule has 0 aliphatic heterocycles. The van der Waals surface area contributed by atoms with Gasteiger partial charge in [0.15, 0.2) is 0 Å². The van der Waals surface area contributed by atoms with Crippen molar-refractivity contribution in [2.45, 2.75) is 33.1 Å². The number of hydrogen-bond donors (Lipinski definition) is 0. The highest BCUT2D eigenvalue weighted by molar-refractivity contribution is 9.10. The second-order valence-electron chi connectivity index (χ2n) is 4.41. The maximum absolute atomic E-state index is 11.6. The smallest absolute Gasteiger partial charge is 0.306 e. The van der Waals surface area contributed by atoms with E-state index in [4.69, 9.17) is 4.74 Å². The van der Waals surface area contributed by atoms with E-state index in [2.05, 4.69) is 41.9 Å². The van der Waals surface area contributed by atoms with Crippen LogP contribution in [0.2, 0.25) is 0 Å². The molecular formula is C14H19BrO2. The van der Waals surface area contributed by atoms with Crippen molar-refractivity contribution in [3.05, 3.63) is 34.3 Å². The first-order valence-electron chi connectivity index (χ1n) is 5.95. The van der Waals surface area contributed by atoms with E-state index in [0.717, 1.165) is 4.47 Å². The number of rotatable bonds is 5. The molecule has 0 radical (unpaired) electrons. The molecule has 0 amide bonds. The Bertz CT molecular complexity index is 374. The van der Waals surface area contributed by atoms with Crippen molar-refractivity contribution in [2.75, 3.05) is 6.61 Å². The minimum atomic E-state index is -0.119. The zero-order valence-electron chi connectivity index (χ0n) is 10.6. The lowest BCUT2D eigenvalue weighted by atomic mass is 9.86. The minimum absolute atomic E-state index is 0.119. The van der Waals surface area contributed by atoms with Crippen molar-refractivity contribution in [3.8, 4) is 0 Å². The van der Waals surface area contributed by atoms with Crippen molar-refractivity contribution in [3.63, 3.8) is 0 Å². The summed E-state index contributed by atoms with van der Waals surface area (Å²) in [6, 6.07) is 8.13. The third kappa shape index (κ3) is 4.50. The van der Waals surface area contributed by atoms with Gasteiger partial charge in [-0.3, -0.25) is 4.79 Å². The van der Waals surface area contributed by atoms with Crippen LogP contribution < -0.4 is 0 Å². The van der Waals surface area contributed by atoms with Gasteiger partial charge in [0.25, 0.3) is 0 Å². The number of carbonyl (C=O) groups is 1. The quantitative estimate of drug-likeness (QED) is 0.764. The van der Waals surface area contributed by atoms with Crippen molar-refractivity contribution in [2.24, 2.45) is 5.92 Å². The van der Waals surface area contributed by atoms with Crippen LogP contribution in [-0.4, -0.2) is 12.6 Å². The van der Waals surface area contributed by atoms with Crippen molar-refractivity contribution >= 4 is 21.9 Å². The van der Waals surface area contributed by atoms with Crippen LogP contribution in [0.25, 0.3) is 0 Å². The number of carbonyl (C=O) groups excluding carboxylic acids is 1. The van der Waals surface area contributed by atoms with Crippen LogP contribution in [0.3, 0.4) is 0 Å². The third-order valence-electron chi connectivity index (χ3n) is 2.77. The van der Waals surface area contributed by atoms with E-state index in [9.17, 15) is 4.79 Å². The number of benzene rings is 1. The molecule has 0 spiro atoms. The van der Waals surface area contributed by atoms with E-state index in [-0.39, 0.29) is 11.9 Å². The van der Waals surface area contributed by atoms with Gasteiger partial charge in [-0.15, -0.1) is 0 Å². The lowest BCUT2D eigenvalue weighted by Gasteiger charge is -2.20. The summed E-state index contributed by atoms with van der Waals surface area (Å²) in [4.78, 5) is 11.6. The fourth-order valence-corrected chi connectivity index (χ4v) is 2.29. The highest BCUT2D eigenvalue weighted by Crippen LogP contribution is 2.29. The highest BCUT2D eigenvalue weighted by atomic mass is 79.9. The van der Waals surface area contributed by atoms with Gasteiger partial charge in [0.05, 0.1) is 13.0 Å². The van der Waals surface area contributed by atoms with Gasteiger partial charge in [-0.05, 0) is 36.5 Å². The second-order valence-corrected chi connectivity index (χ2v) is 5.33. The standard InChI is InChI=1S/C14H19BrO2/c1-4-17-14(16)9-13(10(2)3)11-6-5-7-12(15)8-11/h5-8,10,13H,4,9H2,1-3H3. The fraction of sp³-hybridized carbons (Fsp3) is 0.500. The molecule has 17 heavy (non-hydrogen) atoms. The predicted molar refractivity (Wildman–Crippen MR) is 73.0 cm³/mol. The van der Waals surface area contributed by atoms with Gasteiger partial charge in [-0.2, -0.15) is 0 Å². The third-order valence-corrected chi connectivity index (χ3v) is 3.27. The molecule has 0 bridgehead atoms. The molecule has 94 valence electrons. The zero-order chi connectivity index (χ0) is 12.8. The number of hydrogen-bond acceptors (Lipinski definition) is 2. The van der Waals surface area contributed by atoms with Crippen LogP contribution >= 0.6 is 15.9 Å². The first kappa shape index (κ1) is 14.2. The molecule has 1 atom stereocenters. The van der Waals surface area contributed by atoms with E-state index in [1.807, 2.05) is 19.1 Å². The monoisotopic (exact) mass is 298 g/mol. The molecule has 1 aromatic rings. The molecular weight excluding hydrogens is 280 g/mol. The summed E-state index contributed by atoms with van der Waals surface area (Å²) < 4.78 is 6.07. The Morgan fingerprint density at radius 2 is 2.12 bits per heavy atom. The fourth-order valence-electron chi connectivity index (χ4n) is 1.88. The Morgan fingerprint density at radius 1 is 1.41 bits per heavy atom. The van der Waals surface area contributed by atoms with Gasteiger partial charge >= 0.3 is 5.97 Å². The summed E-state index contributed by atoms with van der Waals surface area (Å²) in [5.41, 5.74) is 1.18. The Morgan fingerprint density at radius 3 is 2.65 bits per heavy atom. The summed E-state index contributed by atoms with van der Waals surface area (Å²) in [6.07, 6.45) is 0.446. The van der Waals surface area contributed by atoms with Crippen molar-refractivity contribution in [1.29, 1.82) is 0 Å². The number of ether oxygens (including phenoxy) is 1. The number of esters is 1. The summed E-state index contributed by atoms with van der Waals surface area (Å²) in [7, 11) is 0. The summed E-state index contributed by atoms with van der Waals surface area (Å²) in [5.74, 6) is 0.506. The Labute approximate surface area is 111 Å². The first-order chi connectivity index (χ1) is 8.04. The SMILES string of the molecule is CCOC(=O)CC(c1cccc(Br)c1)C(C)C. The molecule has 1 rings (SSSR count). The lowest BCUT2D eigenvalue weighted by molar-refractivity contribution is -0.143. The molecule has 0 saturated heterocycles. The molecule has 3 heteroatoms. The van der Waals surface area contributed by atoms with Crippen LogP contribution in [0.1, 0.15) is 38.7 Å². The molecule has 0 fully saturated rings. The van der Waals surface area contributed by atoms with E-state index in [0.29, 0.717) is 18.9 Å².